The van der Waals surface area contributed by atoms with Crippen LogP contribution in [0.2, 0.25) is 0 Å². The molecule has 2 bridgehead atoms. The van der Waals surface area contributed by atoms with E-state index in [4.69, 9.17) is 0 Å². The molecule has 0 spiro atoms. The second-order valence-electron chi connectivity index (χ2n) is 9.11. The van der Waals surface area contributed by atoms with Crippen LogP contribution in [0, 0.1) is 5.92 Å². The van der Waals surface area contributed by atoms with E-state index in [1.165, 1.54) is 17.4 Å². The highest BCUT2D eigenvalue weighted by molar-refractivity contribution is 7.94. The number of likely N-dealkylation sites (tertiary alicyclic amines) is 2. The van der Waals surface area contributed by atoms with Gasteiger partial charge < -0.3 is 9.47 Å². The molecule has 2 atom stereocenters. The van der Waals surface area contributed by atoms with Crippen molar-refractivity contribution in [3.8, 4) is 0 Å². The van der Waals surface area contributed by atoms with Gasteiger partial charge in [-0.25, -0.2) is 8.42 Å². The minimum atomic E-state index is -3.69. The smallest absolute Gasteiger partial charge is 0.271 e. The number of anilines is 1. The van der Waals surface area contributed by atoms with Crippen molar-refractivity contribution in [3.05, 3.63) is 45.7 Å². The molecule has 1 amide bonds. The van der Waals surface area contributed by atoms with Gasteiger partial charge in [-0.05, 0) is 42.7 Å². The van der Waals surface area contributed by atoms with Crippen LogP contribution in [0.15, 0.2) is 38.6 Å². The molecule has 2 unspecified atom stereocenters. The van der Waals surface area contributed by atoms with Gasteiger partial charge in [0.2, 0.25) is 5.91 Å². The highest BCUT2D eigenvalue weighted by Gasteiger charge is 2.39. The van der Waals surface area contributed by atoms with Crippen LogP contribution < -0.4 is 10.3 Å². The molecular weight excluding hydrogens is 448 g/mol. The van der Waals surface area contributed by atoms with Gasteiger partial charge in [0, 0.05) is 63.4 Å². The van der Waals surface area contributed by atoms with Crippen molar-refractivity contribution >= 4 is 33.0 Å². The summed E-state index contributed by atoms with van der Waals surface area (Å²) in [5.74, 6) is 0.604. The second-order valence-corrected chi connectivity index (χ2v) is 12.0. The maximum Gasteiger partial charge on any atom is 0.271 e. The first-order valence-electron chi connectivity index (χ1n) is 11.1. The number of piperidine rings is 2. The van der Waals surface area contributed by atoms with Crippen molar-refractivity contribution in [2.24, 2.45) is 5.92 Å². The number of hydrogen-bond acceptors (Lipinski definition) is 6. The molecule has 10 heteroatoms. The molecule has 2 fully saturated rings. The molecule has 8 nitrogen and oxygen atoms in total. The van der Waals surface area contributed by atoms with Crippen molar-refractivity contribution in [2.75, 3.05) is 30.9 Å². The summed E-state index contributed by atoms with van der Waals surface area (Å²) in [5.41, 5.74) is 1.24. The summed E-state index contributed by atoms with van der Waals surface area (Å²) in [4.78, 5) is 28.8. The number of hydrogen-bond donors (Lipinski definition) is 1. The molecular formula is C22H28N4O4S2. The molecule has 0 aromatic carbocycles. The van der Waals surface area contributed by atoms with Gasteiger partial charge in [-0.3, -0.25) is 19.2 Å². The number of carbonyl (C=O) groups is 1. The molecule has 0 aliphatic carbocycles. The maximum absolute atomic E-state index is 12.9. The van der Waals surface area contributed by atoms with E-state index in [0.29, 0.717) is 24.2 Å². The van der Waals surface area contributed by atoms with Crippen LogP contribution in [0.1, 0.15) is 37.8 Å². The van der Waals surface area contributed by atoms with Gasteiger partial charge in [-0.1, -0.05) is 6.07 Å². The summed E-state index contributed by atoms with van der Waals surface area (Å²) in [5, 5.41) is 1.74. The summed E-state index contributed by atoms with van der Waals surface area (Å²) in [6.45, 7) is 5.55. The molecule has 0 saturated carbocycles. The van der Waals surface area contributed by atoms with Crippen molar-refractivity contribution in [1.82, 2.24) is 14.4 Å². The standard InChI is InChI=1S/C22H28N4O4S2/c1-15(27)24-8-6-18(7-9-24)25-12-16-11-17(14-25)22-19(4-5-20(28)26(22)13-16)23-32(29,30)21-3-2-10-31-21/h2-5,10,16-18,23H,6-9,11-14H2,1H3. The quantitative estimate of drug-likeness (QED) is 0.730. The molecule has 5 heterocycles. The van der Waals surface area contributed by atoms with E-state index in [1.54, 1.807) is 35.1 Å². The largest absolute Gasteiger partial charge is 0.343 e. The van der Waals surface area contributed by atoms with Crippen LogP contribution in [0.5, 0.6) is 0 Å². The number of nitrogens with zero attached hydrogens (tertiary/aromatic N) is 3. The van der Waals surface area contributed by atoms with Crippen molar-refractivity contribution in [3.63, 3.8) is 0 Å². The van der Waals surface area contributed by atoms with Crippen LogP contribution in [-0.2, 0) is 21.4 Å². The average molecular weight is 477 g/mol. The monoisotopic (exact) mass is 476 g/mol. The van der Waals surface area contributed by atoms with Gasteiger partial charge >= 0.3 is 0 Å². The number of aromatic nitrogens is 1. The second kappa shape index (κ2) is 8.31. The highest BCUT2D eigenvalue weighted by Crippen LogP contribution is 2.40. The molecule has 5 rings (SSSR count). The molecule has 2 saturated heterocycles. The number of thiophene rings is 1. The van der Waals surface area contributed by atoms with Gasteiger partial charge in [0.15, 0.2) is 0 Å². The van der Waals surface area contributed by atoms with Crippen LogP contribution in [0.4, 0.5) is 5.69 Å². The first-order chi connectivity index (χ1) is 15.3. The average Bonchev–Trinajstić information content (AvgIpc) is 3.31. The Morgan fingerprint density at radius 2 is 1.91 bits per heavy atom. The summed E-state index contributed by atoms with van der Waals surface area (Å²) >= 11 is 1.17. The number of rotatable bonds is 4. The lowest BCUT2D eigenvalue weighted by molar-refractivity contribution is -0.130. The van der Waals surface area contributed by atoms with Crippen molar-refractivity contribution in [2.45, 2.75) is 48.9 Å². The Morgan fingerprint density at radius 3 is 2.59 bits per heavy atom. The normalized spacial score (nSPS) is 24.2. The minimum Gasteiger partial charge on any atom is -0.343 e. The molecule has 1 N–H and O–H groups in total. The van der Waals surface area contributed by atoms with E-state index in [1.807, 2.05) is 4.90 Å². The lowest BCUT2D eigenvalue weighted by atomic mass is 9.81. The minimum absolute atomic E-state index is 0.0722. The fourth-order valence-corrected chi connectivity index (χ4v) is 7.66. The number of nitrogens with one attached hydrogen (secondary N) is 1. The maximum atomic E-state index is 12.9. The van der Waals surface area contributed by atoms with Gasteiger partial charge in [-0.15, -0.1) is 11.3 Å². The third-order valence-corrected chi connectivity index (χ3v) is 9.81. The number of sulfonamides is 1. The van der Waals surface area contributed by atoms with E-state index < -0.39 is 10.0 Å². The Kier molecular flexibility index (Phi) is 5.63. The van der Waals surface area contributed by atoms with E-state index in [9.17, 15) is 18.0 Å². The summed E-state index contributed by atoms with van der Waals surface area (Å²) in [6.07, 6.45) is 2.87. The first kappa shape index (κ1) is 21.7. The van der Waals surface area contributed by atoms with Gasteiger partial charge in [-0.2, -0.15) is 0 Å². The zero-order valence-electron chi connectivity index (χ0n) is 18.1. The summed E-state index contributed by atoms with van der Waals surface area (Å²) in [6, 6.07) is 6.80. The predicted octanol–water partition coefficient (Wildman–Crippen LogP) is 2.14. The zero-order chi connectivity index (χ0) is 22.5. The van der Waals surface area contributed by atoms with Crippen LogP contribution in [0.25, 0.3) is 0 Å². The highest BCUT2D eigenvalue weighted by atomic mass is 32.2. The van der Waals surface area contributed by atoms with E-state index in [-0.39, 0.29) is 21.6 Å². The molecule has 3 aliphatic heterocycles. The molecule has 172 valence electrons. The fraction of sp³-hybridized carbons (Fsp3) is 0.545. The van der Waals surface area contributed by atoms with E-state index >= 15 is 0 Å². The van der Waals surface area contributed by atoms with Crippen LogP contribution in [0.3, 0.4) is 0 Å². The third-order valence-electron chi connectivity index (χ3n) is 7.05. The number of fused-ring (bicyclic) bond motifs is 4. The Hall–Kier alpha value is -2.17. The van der Waals surface area contributed by atoms with Crippen molar-refractivity contribution < 1.29 is 13.2 Å². The van der Waals surface area contributed by atoms with Crippen LogP contribution in [-0.4, -0.2) is 60.9 Å². The lowest BCUT2D eigenvalue weighted by Gasteiger charge is -2.47. The SMILES string of the molecule is CC(=O)N1CCC(N2CC3CC(C2)c2c(NS(=O)(=O)c4cccs4)ccc(=O)n2C3)CC1. The number of pyridine rings is 1. The Morgan fingerprint density at radius 1 is 1.12 bits per heavy atom. The Balaban J connectivity index is 1.41. The zero-order valence-corrected chi connectivity index (χ0v) is 19.7. The lowest BCUT2D eigenvalue weighted by Crippen LogP contribution is -2.53. The Bertz CT molecular complexity index is 1170. The molecule has 32 heavy (non-hydrogen) atoms. The Labute approximate surface area is 191 Å². The van der Waals surface area contributed by atoms with E-state index in [0.717, 1.165) is 51.1 Å². The van der Waals surface area contributed by atoms with E-state index in [2.05, 4.69) is 9.62 Å². The first-order valence-corrected chi connectivity index (χ1v) is 13.5. The van der Waals surface area contributed by atoms with Gasteiger partial charge in [0.05, 0.1) is 5.69 Å². The fourth-order valence-electron chi connectivity index (χ4n) is 5.59. The predicted molar refractivity (Wildman–Crippen MR) is 124 cm³/mol. The topological polar surface area (TPSA) is 91.7 Å². The third kappa shape index (κ3) is 3.99. The van der Waals surface area contributed by atoms with Crippen LogP contribution >= 0.6 is 11.3 Å². The van der Waals surface area contributed by atoms with Gasteiger partial charge in [0.1, 0.15) is 4.21 Å². The molecule has 2 aromatic rings. The summed E-state index contributed by atoms with van der Waals surface area (Å²) in [7, 11) is -3.69. The summed E-state index contributed by atoms with van der Waals surface area (Å²) < 4.78 is 30.5. The molecule has 3 aliphatic rings. The van der Waals surface area contributed by atoms with Crippen molar-refractivity contribution in [1.29, 1.82) is 0 Å². The molecule has 0 radical (unpaired) electrons. The number of carbonyl (C=O) groups excluding carboxylic acids is 1. The number of amides is 1. The molecule has 2 aromatic heterocycles. The van der Waals surface area contributed by atoms with Gasteiger partial charge in [0.25, 0.3) is 15.6 Å².